The minimum atomic E-state index is 0.805. The van der Waals surface area contributed by atoms with Gasteiger partial charge in [0.15, 0.2) is 5.96 Å². The lowest BCUT2D eigenvalue weighted by Crippen LogP contribution is -2.51. The SMILES string of the molecule is CN=C(NCc1sc(C)nc1C)N1CCN(Cc2cccs2)CC1. The van der Waals surface area contributed by atoms with Crippen molar-refractivity contribution in [3.63, 3.8) is 0 Å². The van der Waals surface area contributed by atoms with Crippen LogP contribution in [-0.2, 0) is 13.1 Å². The second kappa shape index (κ2) is 8.09. The first-order chi connectivity index (χ1) is 11.7. The van der Waals surface area contributed by atoms with Gasteiger partial charge < -0.3 is 10.2 Å². The van der Waals surface area contributed by atoms with E-state index in [0.29, 0.717) is 0 Å². The summed E-state index contributed by atoms with van der Waals surface area (Å²) in [5, 5.41) is 6.78. The van der Waals surface area contributed by atoms with E-state index in [9.17, 15) is 0 Å². The van der Waals surface area contributed by atoms with Crippen molar-refractivity contribution in [2.45, 2.75) is 26.9 Å². The standard InChI is InChI=1S/C17H25N5S2/c1-13-16(24-14(2)20-13)11-19-17(18-3)22-8-6-21(7-9-22)12-15-5-4-10-23-15/h4-5,10H,6-9,11-12H2,1-3H3,(H,18,19). The lowest BCUT2D eigenvalue weighted by molar-refractivity contribution is 0.173. The number of aryl methyl sites for hydroxylation is 2. The first-order valence-corrected chi connectivity index (χ1v) is 9.98. The van der Waals surface area contributed by atoms with Crippen molar-refractivity contribution < 1.29 is 0 Å². The minimum absolute atomic E-state index is 0.805. The van der Waals surface area contributed by atoms with Gasteiger partial charge in [0.25, 0.3) is 0 Å². The quantitative estimate of drug-likeness (QED) is 0.670. The average molecular weight is 364 g/mol. The molecule has 1 fully saturated rings. The van der Waals surface area contributed by atoms with Gasteiger partial charge >= 0.3 is 0 Å². The van der Waals surface area contributed by atoms with E-state index in [1.165, 1.54) is 9.75 Å². The summed E-state index contributed by atoms with van der Waals surface area (Å²) in [4.78, 5) is 16.6. The van der Waals surface area contributed by atoms with Crippen LogP contribution in [0.15, 0.2) is 22.5 Å². The van der Waals surface area contributed by atoms with E-state index in [1.807, 2.05) is 18.4 Å². The smallest absolute Gasteiger partial charge is 0.194 e. The van der Waals surface area contributed by atoms with E-state index < -0.39 is 0 Å². The van der Waals surface area contributed by atoms with Crippen molar-refractivity contribution in [2.24, 2.45) is 4.99 Å². The van der Waals surface area contributed by atoms with Crippen LogP contribution in [0.5, 0.6) is 0 Å². The predicted molar refractivity (Wildman–Crippen MR) is 103 cm³/mol. The lowest BCUT2D eigenvalue weighted by Gasteiger charge is -2.36. The summed E-state index contributed by atoms with van der Waals surface area (Å²) in [5.41, 5.74) is 1.13. The number of nitrogens with one attached hydrogen (secondary N) is 1. The van der Waals surface area contributed by atoms with Gasteiger partial charge in [-0.2, -0.15) is 0 Å². The summed E-state index contributed by atoms with van der Waals surface area (Å²) in [6.45, 7) is 10.2. The van der Waals surface area contributed by atoms with Gasteiger partial charge in [0, 0.05) is 49.5 Å². The van der Waals surface area contributed by atoms with E-state index in [0.717, 1.165) is 55.9 Å². The van der Waals surface area contributed by atoms with E-state index in [1.54, 1.807) is 11.3 Å². The van der Waals surface area contributed by atoms with Crippen LogP contribution in [0.25, 0.3) is 0 Å². The minimum Gasteiger partial charge on any atom is -0.351 e. The fraction of sp³-hybridized carbons (Fsp3) is 0.529. The zero-order valence-corrected chi connectivity index (χ0v) is 16.2. The predicted octanol–water partition coefficient (Wildman–Crippen LogP) is 2.71. The fourth-order valence-corrected chi connectivity index (χ4v) is 4.59. The normalized spacial score (nSPS) is 16.6. The second-order valence-corrected chi connectivity index (χ2v) is 8.30. The molecular weight excluding hydrogens is 338 g/mol. The highest BCUT2D eigenvalue weighted by Crippen LogP contribution is 2.17. The van der Waals surface area contributed by atoms with Gasteiger partial charge in [-0.1, -0.05) is 6.07 Å². The second-order valence-electron chi connectivity index (χ2n) is 5.98. The molecule has 24 heavy (non-hydrogen) atoms. The maximum atomic E-state index is 4.49. The van der Waals surface area contributed by atoms with Crippen LogP contribution in [0.3, 0.4) is 0 Å². The highest BCUT2D eigenvalue weighted by Gasteiger charge is 2.20. The molecule has 0 amide bonds. The average Bonchev–Trinajstić information content (AvgIpc) is 3.19. The van der Waals surface area contributed by atoms with Crippen molar-refractivity contribution in [3.05, 3.63) is 38.0 Å². The zero-order valence-electron chi connectivity index (χ0n) is 14.6. The number of guanidine groups is 1. The Morgan fingerprint density at radius 3 is 2.67 bits per heavy atom. The van der Waals surface area contributed by atoms with Crippen molar-refractivity contribution in [1.82, 2.24) is 20.1 Å². The van der Waals surface area contributed by atoms with Crippen LogP contribution in [0.4, 0.5) is 0 Å². The molecule has 3 rings (SSSR count). The third-order valence-electron chi connectivity index (χ3n) is 4.25. The van der Waals surface area contributed by atoms with Gasteiger partial charge in [-0.05, 0) is 25.3 Å². The van der Waals surface area contributed by atoms with Crippen LogP contribution < -0.4 is 5.32 Å². The summed E-state index contributed by atoms with van der Waals surface area (Å²) < 4.78 is 0. The molecule has 2 aromatic heterocycles. The molecule has 0 bridgehead atoms. The Morgan fingerprint density at radius 2 is 2.08 bits per heavy atom. The van der Waals surface area contributed by atoms with Crippen molar-refractivity contribution >= 4 is 28.6 Å². The molecule has 2 aromatic rings. The Morgan fingerprint density at radius 1 is 1.29 bits per heavy atom. The number of thiophene rings is 1. The number of thiazole rings is 1. The van der Waals surface area contributed by atoms with Crippen LogP contribution in [-0.4, -0.2) is 54.0 Å². The largest absolute Gasteiger partial charge is 0.351 e. The monoisotopic (exact) mass is 363 g/mol. The highest BCUT2D eigenvalue weighted by atomic mass is 32.1. The number of piperazine rings is 1. The molecule has 130 valence electrons. The number of nitrogens with zero attached hydrogens (tertiary/aromatic N) is 4. The summed E-state index contributed by atoms with van der Waals surface area (Å²) in [7, 11) is 1.87. The Bertz CT molecular complexity index is 669. The Hall–Kier alpha value is -1.44. The third-order valence-corrected chi connectivity index (χ3v) is 6.18. The number of hydrogen-bond acceptors (Lipinski definition) is 5. The molecule has 1 aliphatic heterocycles. The molecule has 0 aliphatic carbocycles. The van der Waals surface area contributed by atoms with Gasteiger partial charge in [-0.3, -0.25) is 9.89 Å². The Labute approximate surface area is 152 Å². The van der Waals surface area contributed by atoms with Crippen molar-refractivity contribution in [3.8, 4) is 0 Å². The first kappa shape index (κ1) is 17.4. The van der Waals surface area contributed by atoms with Gasteiger partial charge in [0.05, 0.1) is 17.2 Å². The van der Waals surface area contributed by atoms with Gasteiger partial charge in [0.2, 0.25) is 0 Å². The van der Waals surface area contributed by atoms with E-state index in [-0.39, 0.29) is 0 Å². The lowest BCUT2D eigenvalue weighted by atomic mass is 10.3. The number of rotatable bonds is 4. The molecule has 0 unspecified atom stereocenters. The molecule has 0 radical (unpaired) electrons. The van der Waals surface area contributed by atoms with Gasteiger partial charge in [0.1, 0.15) is 0 Å². The van der Waals surface area contributed by atoms with Crippen molar-refractivity contribution in [2.75, 3.05) is 33.2 Å². The molecule has 1 saturated heterocycles. The molecule has 1 aliphatic rings. The first-order valence-electron chi connectivity index (χ1n) is 8.29. The summed E-state index contributed by atoms with van der Waals surface area (Å²) in [6, 6.07) is 4.35. The van der Waals surface area contributed by atoms with Crippen LogP contribution in [0.2, 0.25) is 0 Å². The zero-order chi connectivity index (χ0) is 16.9. The summed E-state index contributed by atoms with van der Waals surface area (Å²) >= 11 is 3.60. The topological polar surface area (TPSA) is 43.8 Å². The van der Waals surface area contributed by atoms with Crippen molar-refractivity contribution in [1.29, 1.82) is 0 Å². The van der Waals surface area contributed by atoms with Crippen LogP contribution >= 0.6 is 22.7 Å². The third kappa shape index (κ3) is 4.34. The summed E-state index contributed by atoms with van der Waals surface area (Å²) in [6.07, 6.45) is 0. The molecule has 0 spiro atoms. The maximum Gasteiger partial charge on any atom is 0.194 e. The van der Waals surface area contributed by atoms with Crippen LogP contribution in [0, 0.1) is 13.8 Å². The Kier molecular flexibility index (Phi) is 5.86. The molecule has 0 aromatic carbocycles. The highest BCUT2D eigenvalue weighted by molar-refractivity contribution is 7.11. The summed E-state index contributed by atoms with van der Waals surface area (Å²) in [5.74, 6) is 0.997. The molecule has 3 heterocycles. The number of hydrogen-bond donors (Lipinski definition) is 1. The van der Waals surface area contributed by atoms with E-state index in [2.05, 4.69) is 56.5 Å². The molecule has 0 saturated carbocycles. The van der Waals surface area contributed by atoms with Gasteiger partial charge in [-0.15, -0.1) is 22.7 Å². The molecular formula is C17H25N5S2. The number of aromatic nitrogens is 1. The van der Waals surface area contributed by atoms with E-state index >= 15 is 0 Å². The Balaban J connectivity index is 1.49. The fourth-order valence-electron chi connectivity index (χ4n) is 2.97. The molecule has 7 heteroatoms. The van der Waals surface area contributed by atoms with E-state index in [4.69, 9.17) is 0 Å². The van der Waals surface area contributed by atoms with Gasteiger partial charge in [-0.25, -0.2) is 4.98 Å². The van der Waals surface area contributed by atoms with Crippen LogP contribution in [0.1, 0.15) is 20.5 Å². The molecule has 1 N–H and O–H groups in total. The maximum absolute atomic E-state index is 4.49. The molecule has 5 nitrogen and oxygen atoms in total. The number of aliphatic imine (C=N–C) groups is 1. The molecule has 0 atom stereocenters.